The lowest BCUT2D eigenvalue weighted by Crippen LogP contribution is -2.11. The Morgan fingerprint density at radius 2 is 1.62 bits per heavy atom. The molecule has 0 radical (unpaired) electrons. The summed E-state index contributed by atoms with van der Waals surface area (Å²) in [5.74, 6) is -0.899. The van der Waals surface area contributed by atoms with Crippen molar-refractivity contribution >= 4 is 21.6 Å². The smallest absolute Gasteiger partial charge is 0.333 e. The van der Waals surface area contributed by atoms with Crippen LogP contribution >= 0.6 is 11.6 Å². The van der Waals surface area contributed by atoms with E-state index in [0.717, 1.165) is 6.07 Å². The van der Waals surface area contributed by atoms with E-state index in [-0.39, 0.29) is 27.9 Å². The Kier molecular flexibility index (Phi) is 5.44. The molecule has 4 aromatic rings. The average molecular weight is 482 g/mol. The van der Waals surface area contributed by atoms with Crippen molar-refractivity contribution in [3.05, 3.63) is 65.3 Å². The predicted octanol–water partition coefficient (Wildman–Crippen LogP) is 4.18. The number of primary sulfonamides is 1. The van der Waals surface area contributed by atoms with Crippen LogP contribution in [-0.4, -0.2) is 28.5 Å². The Bertz CT molecular complexity index is 1410. The van der Waals surface area contributed by atoms with E-state index in [1.807, 2.05) is 0 Å². The molecule has 0 aliphatic carbocycles. The summed E-state index contributed by atoms with van der Waals surface area (Å²) < 4.78 is 68.4. The van der Waals surface area contributed by atoms with Gasteiger partial charge in [0.15, 0.2) is 0 Å². The molecule has 0 saturated carbocycles. The Morgan fingerprint density at radius 1 is 0.906 bits per heavy atom. The highest BCUT2D eigenvalue weighted by atomic mass is 35.5. The summed E-state index contributed by atoms with van der Waals surface area (Å²) in [6.45, 7) is 0. The monoisotopic (exact) mass is 481 g/mol. The van der Waals surface area contributed by atoms with E-state index >= 15 is 0 Å². The fraction of sp³-hybridized carbons (Fsp3) is 0.0526. The number of sulfonamides is 1. The third kappa shape index (κ3) is 4.61. The van der Waals surface area contributed by atoms with Crippen LogP contribution in [0.1, 0.15) is 5.69 Å². The number of hydrogen-bond acceptors (Lipinski definition) is 7. The van der Waals surface area contributed by atoms with E-state index < -0.39 is 27.7 Å². The standard InChI is InChI=1S/C19H11ClF3N5O3S/c20-12-6-4-10(5-7-12)14-9-15(19(21,22)23)26-16(25-14)17-27-18(31-28-17)11-2-1-3-13(8-11)32(24,29)30/h1-9H,(H2,24,29,30). The van der Waals surface area contributed by atoms with Crippen molar-refractivity contribution in [3.63, 3.8) is 0 Å². The number of alkyl halides is 3. The molecule has 0 spiro atoms. The summed E-state index contributed by atoms with van der Waals surface area (Å²) in [4.78, 5) is 11.5. The molecule has 0 unspecified atom stereocenters. The summed E-state index contributed by atoms with van der Waals surface area (Å²) in [5, 5.41) is 9.16. The van der Waals surface area contributed by atoms with Gasteiger partial charge in [0.1, 0.15) is 5.69 Å². The molecule has 4 rings (SSSR count). The third-order valence-electron chi connectivity index (χ3n) is 4.19. The highest BCUT2D eigenvalue weighted by molar-refractivity contribution is 7.89. The second kappa shape index (κ2) is 7.97. The summed E-state index contributed by atoms with van der Waals surface area (Å²) in [7, 11) is -3.99. The normalized spacial score (nSPS) is 12.2. The van der Waals surface area contributed by atoms with Crippen LogP contribution in [-0.2, 0) is 16.2 Å². The molecule has 0 aliphatic heterocycles. The molecule has 2 aromatic heterocycles. The van der Waals surface area contributed by atoms with Crippen LogP contribution in [0.2, 0.25) is 5.02 Å². The quantitative estimate of drug-likeness (QED) is 0.463. The van der Waals surface area contributed by atoms with Gasteiger partial charge in [-0.05, 0) is 36.4 Å². The van der Waals surface area contributed by atoms with E-state index in [1.54, 1.807) is 0 Å². The second-order valence-corrected chi connectivity index (χ2v) is 8.46. The molecule has 2 heterocycles. The zero-order valence-electron chi connectivity index (χ0n) is 15.7. The van der Waals surface area contributed by atoms with E-state index in [9.17, 15) is 21.6 Å². The SMILES string of the molecule is NS(=O)(=O)c1cccc(-c2nc(-c3nc(-c4ccc(Cl)cc4)cc(C(F)(F)F)n3)no2)c1. The molecule has 2 aromatic carbocycles. The molecule has 8 nitrogen and oxygen atoms in total. The van der Waals surface area contributed by atoms with Gasteiger partial charge in [0.2, 0.25) is 21.7 Å². The van der Waals surface area contributed by atoms with Gasteiger partial charge < -0.3 is 4.52 Å². The number of benzene rings is 2. The van der Waals surface area contributed by atoms with Gasteiger partial charge in [0.25, 0.3) is 5.89 Å². The minimum Gasteiger partial charge on any atom is -0.333 e. The van der Waals surface area contributed by atoms with Crippen LogP contribution in [0.15, 0.2) is 64.0 Å². The first-order valence-electron chi connectivity index (χ1n) is 8.70. The van der Waals surface area contributed by atoms with Gasteiger partial charge in [0, 0.05) is 16.1 Å². The lowest BCUT2D eigenvalue weighted by molar-refractivity contribution is -0.141. The van der Waals surface area contributed by atoms with Crippen molar-refractivity contribution in [3.8, 4) is 34.4 Å². The van der Waals surface area contributed by atoms with Crippen LogP contribution in [0.25, 0.3) is 34.4 Å². The van der Waals surface area contributed by atoms with Crippen molar-refractivity contribution in [2.24, 2.45) is 5.14 Å². The lowest BCUT2D eigenvalue weighted by atomic mass is 10.1. The number of rotatable bonds is 4. The highest BCUT2D eigenvalue weighted by Gasteiger charge is 2.34. The predicted molar refractivity (Wildman–Crippen MR) is 108 cm³/mol. The molecule has 0 bridgehead atoms. The molecular weight excluding hydrogens is 471 g/mol. The Labute approximate surface area is 183 Å². The Morgan fingerprint density at radius 3 is 2.28 bits per heavy atom. The molecule has 164 valence electrons. The minimum absolute atomic E-state index is 0.0263. The first kappa shape index (κ1) is 21.9. The average Bonchev–Trinajstić information content (AvgIpc) is 3.23. The maximum absolute atomic E-state index is 13.4. The van der Waals surface area contributed by atoms with E-state index in [2.05, 4.69) is 20.1 Å². The van der Waals surface area contributed by atoms with Crippen LogP contribution in [0.5, 0.6) is 0 Å². The molecule has 0 saturated heterocycles. The molecule has 2 N–H and O–H groups in total. The highest BCUT2D eigenvalue weighted by Crippen LogP contribution is 2.32. The van der Waals surface area contributed by atoms with Gasteiger partial charge in [-0.1, -0.05) is 35.0 Å². The van der Waals surface area contributed by atoms with Crippen LogP contribution in [0, 0.1) is 0 Å². The molecule has 0 aliphatic rings. The van der Waals surface area contributed by atoms with Gasteiger partial charge in [-0.15, -0.1) is 0 Å². The lowest BCUT2D eigenvalue weighted by Gasteiger charge is -2.09. The zero-order chi connectivity index (χ0) is 23.1. The number of halogens is 4. The van der Waals surface area contributed by atoms with Crippen molar-refractivity contribution in [2.45, 2.75) is 11.1 Å². The molecular formula is C19H11ClF3N5O3S. The maximum Gasteiger partial charge on any atom is 0.433 e. The maximum atomic E-state index is 13.4. The van der Waals surface area contributed by atoms with Crippen molar-refractivity contribution in [2.75, 3.05) is 0 Å². The molecule has 32 heavy (non-hydrogen) atoms. The van der Waals surface area contributed by atoms with Gasteiger partial charge in [-0.3, -0.25) is 0 Å². The van der Waals surface area contributed by atoms with E-state index in [4.69, 9.17) is 21.3 Å². The zero-order valence-corrected chi connectivity index (χ0v) is 17.3. The van der Waals surface area contributed by atoms with Crippen LogP contribution in [0.4, 0.5) is 13.2 Å². The van der Waals surface area contributed by atoms with E-state index in [0.29, 0.717) is 10.6 Å². The summed E-state index contributed by atoms with van der Waals surface area (Å²) in [5.41, 5.74) is -0.662. The van der Waals surface area contributed by atoms with Gasteiger partial charge in [-0.25, -0.2) is 23.5 Å². The largest absolute Gasteiger partial charge is 0.433 e. The van der Waals surface area contributed by atoms with Crippen molar-refractivity contribution in [1.29, 1.82) is 0 Å². The van der Waals surface area contributed by atoms with Crippen molar-refractivity contribution in [1.82, 2.24) is 20.1 Å². The summed E-state index contributed by atoms with van der Waals surface area (Å²) in [6, 6.07) is 12.2. The summed E-state index contributed by atoms with van der Waals surface area (Å²) >= 11 is 5.84. The fourth-order valence-corrected chi connectivity index (χ4v) is 3.38. The number of nitrogens with two attached hydrogens (primary N) is 1. The summed E-state index contributed by atoms with van der Waals surface area (Å²) in [6.07, 6.45) is -4.75. The molecule has 13 heteroatoms. The topological polar surface area (TPSA) is 125 Å². The number of nitrogens with zero attached hydrogens (tertiary/aromatic N) is 4. The van der Waals surface area contributed by atoms with E-state index in [1.165, 1.54) is 48.5 Å². The van der Waals surface area contributed by atoms with Gasteiger partial charge in [-0.2, -0.15) is 18.2 Å². The fourth-order valence-electron chi connectivity index (χ4n) is 2.70. The number of aromatic nitrogens is 4. The minimum atomic E-state index is -4.75. The first-order chi connectivity index (χ1) is 15.0. The van der Waals surface area contributed by atoms with Crippen LogP contribution < -0.4 is 5.14 Å². The Balaban J connectivity index is 1.80. The second-order valence-electron chi connectivity index (χ2n) is 6.46. The first-order valence-corrected chi connectivity index (χ1v) is 10.6. The van der Waals surface area contributed by atoms with Gasteiger partial charge in [0.05, 0.1) is 10.6 Å². The molecule has 0 atom stereocenters. The molecule has 0 amide bonds. The molecule has 0 fully saturated rings. The van der Waals surface area contributed by atoms with Crippen LogP contribution in [0.3, 0.4) is 0 Å². The van der Waals surface area contributed by atoms with Gasteiger partial charge >= 0.3 is 6.18 Å². The van der Waals surface area contributed by atoms with Crippen molar-refractivity contribution < 1.29 is 26.1 Å². The number of hydrogen-bond donors (Lipinski definition) is 1. The third-order valence-corrected chi connectivity index (χ3v) is 5.36. The Hall–Kier alpha value is -3.35.